The van der Waals surface area contributed by atoms with Crippen LogP contribution in [0.2, 0.25) is 0 Å². The summed E-state index contributed by atoms with van der Waals surface area (Å²) in [5.74, 6) is -6.68. The Hall–Kier alpha value is -3.96. The first-order valence-corrected chi connectivity index (χ1v) is 12.3. The van der Waals surface area contributed by atoms with Gasteiger partial charge in [-0.1, -0.05) is 19.7 Å². The van der Waals surface area contributed by atoms with Gasteiger partial charge in [0.05, 0.1) is 17.8 Å². The van der Waals surface area contributed by atoms with Crippen molar-refractivity contribution in [2.45, 2.75) is 40.0 Å². The molecule has 0 spiro atoms. The van der Waals surface area contributed by atoms with Gasteiger partial charge in [0.2, 0.25) is 0 Å². The average Bonchev–Trinajstić information content (AvgIpc) is 2.89. The summed E-state index contributed by atoms with van der Waals surface area (Å²) in [6, 6.07) is 0. The first kappa shape index (κ1) is 33.1. The van der Waals surface area contributed by atoms with E-state index in [4.69, 9.17) is 28.4 Å². The molecule has 3 atom stereocenters. The normalized spacial score (nSPS) is 18.1. The molecule has 1 aliphatic carbocycles. The number of hydrogen-bond donors (Lipinski definition) is 0. The van der Waals surface area contributed by atoms with Gasteiger partial charge in [0.15, 0.2) is 0 Å². The van der Waals surface area contributed by atoms with Crippen LogP contribution in [0.4, 0.5) is 0 Å². The molecule has 12 nitrogen and oxygen atoms in total. The predicted molar refractivity (Wildman–Crippen MR) is 135 cm³/mol. The molecule has 0 heterocycles. The van der Waals surface area contributed by atoms with Gasteiger partial charge in [-0.05, 0) is 40.0 Å². The second-order valence-corrected chi connectivity index (χ2v) is 8.97. The SMILES string of the molecule is C=C(C)C(=O)OCCOC(=O)C1CCC(C(=O)OCCOC(=O)C(=C)C)C(C(=O)OCCOC(=O)C(=C)C)C1. The van der Waals surface area contributed by atoms with Crippen molar-refractivity contribution in [3.05, 3.63) is 36.5 Å². The summed E-state index contributed by atoms with van der Waals surface area (Å²) < 4.78 is 30.2. The molecule has 39 heavy (non-hydrogen) atoms. The van der Waals surface area contributed by atoms with Crippen molar-refractivity contribution < 1.29 is 57.2 Å². The fourth-order valence-electron chi connectivity index (χ4n) is 3.46. The second kappa shape index (κ2) is 16.8. The number of rotatable bonds is 15. The first-order valence-electron chi connectivity index (χ1n) is 12.3. The van der Waals surface area contributed by atoms with E-state index in [-0.39, 0.29) is 75.6 Å². The summed E-state index contributed by atoms with van der Waals surface area (Å²) in [6.07, 6.45) is 0.299. The standard InChI is InChI=1S/C27H36O12/c1-16(2)22(28)34-9-12-37-25(31)19-7-8-20(26(32)38-13-10-35-23(29)17(3)4)21(15-19)27(33)39-14-11-36-24(30)18(5)6/h19-21H,1,3,5,7-15H2,2,4,6H3. The summed E-state index contributed by atoms with van der Waals surface area (Å²) in [5.41, 5.74) is 0.578. The van der Waals surface area contributed by atoms with Gasteiger partial charge in [-0.2, -0.15) is 0 Å². The lowest BCUT2D eigenvalue weighted by Gasteiger charge is -2.32. The monoisotopic (exact) mass is 552 g/mol. The van der Waals surface area contributed by atoms with Gasteiger partial charge >= 0.3 is 35.8 Å². The van der Waals surface area contributed by atoms with Crippen LogP contribution in [0, 0.1) is 17.8 Å². The highest BCUT2D eigenvalue weighted by atomic mass is 16.6. The van der Waals surface area contributed by atoms with Crippen LogP contribution >= 0.6 is 0 Å². The molecule has 0 aromatic carbocycles. The zero-order valence-corrected chi connectivity index (χ0v) is 22.6. The molecular formula is C27H36O12. The predicted octanol–water partition coefficient (Wildman–Crippen LogP) is 2.01. The topological polar surface area (TPSA) is 158 Å². The van der Waals surface area contributed by atoms with E-state index in [1.54, 1.807) is 0 Å². The minimum atomic E-state index is -1.04. The number of carbonyl (C=O) groups excluding carboxylic acids is 6. The molecule has 1 rings (SSSR count). The molecule has 0 amide bonds. The van der Waals surface area contributed by atoms with Gasteiger partial charge in [0.1, 0.15) is 39.6 Å². The Bertz CT molecular complexity index is 979. The van der Waals surface area contributed by atoms with Crippen molar-refractivity contribution in [2.75, 3.05) is 39.6 Å². The van der Waals surface area contributed by atoms with Gasteiger partial charge in [-0.15, -0.1) is 0 Å². The van der Waals surface area contributed by atoms with E-state index in [0.717, 1.165) is 0 Å². The molecule has 216 valence electrons. The van der Waals surface area contributed by atoms with Crippen LogP contribution in [0.25, 0.3) is 0 Å². The highest BCUT2D eigenvalue weighted by Crippen LogP contribution is 2.36. The highest BCUT2D eigenvalue weighted by Gasteiger charge is 2.43. The Morgan fingerprint density at radius 3 is 1.23 bits per heavy atom. The van der Waals surface area contributed by atoms with E-state index >= 15 is 0 Å². The quantitative estimate of drug-likeness (QED) is 0.126. The Kier molecular flexibility index (Phi) is 14.2. The molecule has 0 aromatic rings. The molecule has 3 unspecified atom stereocenters. The van der Waals surface area contributed by atoms with E-state index in [1.807, 2.05) is 0 Å². The maximum atomic E-state index is 12.9. The minimum Gasteiger partial charge on any atom is -0.462 e. The third-order valence-electron chi connectivity index (χ3n) is 5.52. The summed E-state index contributed by atoms with van der Waals surface area (Å²) >= 11 is 0. The van der Waals surface area contributed by atoms with Gasteiger partial charge in [-0.25, -0.2) is 14.4 Å². The molecule has 1 fully saturated rings. The van der Waals surface area contributed by atoms with Gasteiger partial charge in [0, 0.05) is 16.7 Å². The van der Waals surface area contributed by atoms with Crippen molar-refractivity contribution in [1.29, 1.82) is 0 Å². The van der Waals surface area contributed by atoms with Crippen LogP contribution in [0.3, 0.4) is 0 Å². The molecular weight excluding hydrogens is 516 g/mol. The Labute approximate surface area is 227 Å². The van der Waals surface area contributed by atoms with E-state index in [2.05, 4.69) is 19.7 Å². The van der Waals surface area contributed by atoms with Crippen molar-refractivity contribution in [2.24, 2.45) is 17.8 Å². The van der Waals surface area contributed by atoms with E-state index in [0.29, 0.717) is 0 Å². The van der Waals surface area contributed by atoms with Crippen LogP contribution < -0.4 is 0 Å². The largest absolute Gasteiger partial charge is 0.462 e. The number of hydrogen-bond acceptors (Lipinski definition) is 12. The fourth-order valence-corrected chi connectivity index (χ4v) is 3.46. The summed E-state index contributed by atoms with van der Waals surface area (Å²) in [7, 11) is 0. The fraction of sp³-hybridized carbons (Fsp3) is 0.556. The number of carbonyl (C=O) groups is 6. The minimum absolute atomic E-state index is 0.0564. The number of esters is 6. The lowest BCUT2D eigenvalue weighted by molar-refractivity contribution is -0.169. The maximum Gasteiger partial charge on any atom is 0.333 e. The summed E-state index contributed by atoms with van der Waals surface area (Å²) in [5, 5.41) is 0. The third kappa shape index (κ3) is 12.0. The Morgan fingerprint density at radius 2 is 0.846 bits per heavy atom. The van der Waals surface area contributed by atoms with Crippen molar-refractivity contribution in [1.82, 2.24) is 0 Å². The Morgan fingerprint density at radius 1 is 0.513 bits per heavy atom. The van der Waals surface area contributed by atoms with Crippen LogP contribution in [0.1, 0.15) is 40.0 Å². The van der Waals surface area contributed by atoms with E-state index < -0.39 is 53.6 Å². The van der Waals surface area contributed by atoms with Crippen molar-refractivity contribution >= 4 is 35.8 Å². The molecule has 0 aliphatic heterocycles. The summed E-state index contributed by atoms with van der Waals surface area (Å²) in [4.78, 5) is 72.6. The van der Waals surface area contributed by atoms with E-state index in [1.165, 1.54) is 20.8 Å². The van der Waals surface area contributed by atoms with Crippen molar-refractivity contribution in [3.8, 4) is 0 Å². The molecule has 1 saturated carbocycles. The van der Waals surface area contributed by atoms with Gasteiger partial charge < -0.3 is 28.4 Å². The van der Waals surface area contributed by atoms with Gasteiger partial charge in [0.25, 0.3) is 0 Å². The van der Waals surface area contributed by atoms with Crippen LogP contribution in [0.5, 0.6) is 0 Å². The van der Waals surface area contributed by atoms with Crippen LogP contribution in [-0.4, -0.2) is 75.5 Å². The molecule has 1 aliphatic rings. The molecule has 0 N–H and O–H groups in total. The third-order valence-corrected chi connectivity index (χ3v) is 5.52. The number of ether oxygens (including phenoxy) is 6. The molecule has 0 saturated heterocycles. The molecule has 0 aromatic heterocycles. The lowest BCUT2D eigenvalue weighted by atomic mass is 9.74. The molecule has 0 bridgehead atoms. The average molecular weight is 553 g/mol. The van der Waals surface area contributed by atoms with Crippen LogP contribution in [-0.2, 0) is 57.2 Å². The highest BCUT2D eigenvalue weighted by molar-refractivity contribution is 5.88. The molecule has 12 heteroatoms. The zero-order chi connectivity index (χ0) is 29.5. The van der Waals surface area contributed by atoms with Gasteiger partial charge in [-0.3, -0.25) is 14.4 Å². The second-order valence-electron chi connectivity index (χ2n) is 8.97. The van der Waals surface area contributed by atoms with Crippen LogP contribution in [0.15, 0.2) is 36.5 Å². The Balaban J connectivity index is 2.74. The maximum absolute atomic E-state index is 12.9. The van der Waals surface area contributed by atoms with Crippen molar-refractivity contribution in [3.63, 3.8) is 0 Å². The smallest absolute Gasteiger partial charge is 0.333 e. The zero-order valence-electron chi connectivity index (χ0n) is 22.6. The van der Waals surface area contributed by atoms with E-state index in [9.17, 15) is 28.8 Å². The molecule has 0 radical (unpaired) electrons. The first-order chi connectivity index (χ1) is 18.3. The summed E-state index contributed by atoms with van der Waals surface area (Å²) in [6.45, 7) is 13.5. The lowest BCUT2D eigenvalue weighted by Crippen LogP contribution is -2.40.